The molecule has 0 fully saturated rings. The number of carboxylic acids is 1. The van der Waals surface area contributed by atoms with E-state index >= 15 is 0 Å². The van der Waals surface area contributed by atoms with Gasteiger partial charge in [-0.3, -0.25) is 5.21 Å². The first-order chi connectivity index (χ1) is 12.7. The highest BCUT2D eigenvalue weighted by Gasteiger charge is 2.27. The third-order valence-electron chi connectivity index (χ3n) is 3.64. The van der Waals surface area contributed by atoms with Crippen LogP contribution in [0, 0.1) is 0 Å². The summed E-state index contributed by atoms with van der Waals surface area (Å²) >= 11 is 0. The summed E-state index contributed by atoms with van der Waals surface area (Å²) in [6.45, 7) is 0. The minimum Gasteiger partial charge on any atom is -0.497 e. The zero-order chi connectivity index (χ0) is 20.2. The number of nitrogens with zero attached hydrogens (tertiary/aromatic N) is 1. The Morgan fingerprint density at radius 1 is 1.04 bits per heavy atom. The van der Waals surface area contributed by atoms with Crippen molar-refractivity contribution in [2.75, 3.05) is 25.2 Å². The lowest BCUT2D eigenvalue weighted by Crippen LogP contribution is -2.30. The number of esters is 1. The van der Waals surface area contributed by atoms with Gasteiger partial charge in [-0.2, -0.15) is 0 Å². The minimum absolute atomic E-state index is 0.116. The normalized spacial score (nSPS) is 10.9. The molecule has 2 aromatic carbocycles. The lowest BCUT2D eigenvalue weighted by atomic mass is 10.1. The van der Waals surface area contributed by atoms with E-state index in [9.17, 15) is 28.3 Å². The molecular weight excluding hydrogens is 378 g/mol. The minimum atomic E-state index is -4.05. The maximum absolute atomic E-state index is 12.5. The van der Waals surface area contributed by atoms with Crippen LogP contribution in [0.3, 0.4) is 0 Å². The first-order valence-corrected chi connectivity index (χ1v) is 9.14. The number of ether oxygens (including phenoxy) is 2. The molecular formula is C17H17NO8S. The highest BCUT2D eigenvalue weighted by molar-refractivity contribution is 7.91. The number of carboxylic acid groups (broad SMARTS) is 1. The summed E-state index contributed by atoms with van der Waals surface area (Å²) in [7, 11) is -1.54. The van der Waals surface area contributed by atoms with E-state index in [1.54, 1.807) is 0 Å². The monoisotopic (exact) mass is 395 g/mol. The van der Waals surface area contributed by atoms with Crippen LogP contribution in [0.4, 0.5) is 5.69 Å². The number of sulfone groups is 1. The lowest BCUT2D eigenvalue weighted by Gasteiger charge is -2.21. The van der Waals surface area contributed by atoms with E-state index in [1.165, 1.54) is 43.5 Å². The Bertz CT molecular complexity index is 953. The highest BCUT2D eigenvalue weighted by atomic mass is 32.2. The van der Waals surface area contributed by atoms with Gasteiger partial charge in [0.15, 0.2) is 15.7 Å². The Hall–Kier alpha value is -3.11. The van der Waals surface area contributed by atoms with E-state index in [0.717, 1.165) is 13.2 Å². The lowest BCUT2D eigenvalue weighted by molar-refractivity contribution is 0.0599. The number of hydrogen-bond acceptors (Lipinski definition) is 8. The molecule has 0 unspecified atom stereocenters. The van der Waals surface area contributed by atoms with Crippen molar-refractivity contribution in [3.05, 3.63) is 53.6 Å². The van der Waals surface area contributed by atoms with E-state index in [1.807, 2.05) is 0 Å². The molecule has 0 saturated heterocycles. The van der Waals surface area contributed by atoms with Crippen LogP contribution in [0.5, 0.6) is 5.75 Å². The summed E-state index contributed by atoms with van der Waals surface area (Å²) in [4.78, 5) is 23.2. The maximum Gasteiger partial charge on any atom is 0.340 e. The van der Waals surface area contributed by atoms with Crippen molar-refractivity contribution < 1.29 is 37.8 Å². The molecule has 0 amide bonds. The fourth-order valence-corrected chi connectivity index (χ4v) is 3.50. The van der Waals surface area contributed by atoms with Gasteiger partial charge in [0.1, 0.15) is 5.75 Å². The molecule has 0 aliphatic carbocycles. The fourth-order valence-electron chi connectivity index (χ4n) is 2.35. The molecule has 27 heavy (non-hydrogen) atoms. The topological polar surface area (TPSA) is 130 Å². The Kier molecular flexibility index (Phi) is 6.03. The summed E-state index contributed by atoms with van der Waals surface area (Å²) in [5.41, 5.74) is -1.22. The molecule has 0 spiro atoms. The molecule has 0 saturated carbocycles. The summed E-state index contributed by atoms with van der Waals surface area (Å²) < 4.78 is 34.6. The first-order valence-electron chi connectivity index (χ1n) is 7.49. The van der Waals surface area contributed by atoms with E-state index in [-0.39, 0.29) is 15.5 Å². The van der Waals surface area contributed by atoms with Crippen LogP contribution in [-0.4, -0.2) is 50.8 Å². The van der Waals surface area contributed by atoms with Gasteiger partial charge < -0.3 is 14.6 Å². The van der Waals surface area contributed by atoms with E-state index < -0.39 is 38.9 Å². The predicted molar refractivity (Wildman–Crippen MR) is 94.1 cm³/mol. The van der Waals surface area contributed by atoms with Gasteiger partial charge in [-0.1, -0.05) is 6.07 Å². The molecule has 0 heterocycles. The molecule has 2 aromatic rings. The van der Waals surface area contributed by atoms with Crippen LogP contribution in [0.1, 0.15) is 20.7 Å². The van der Waals surface area contributed by atoms with Crippen LogP contribution in [0.15, 0.2) is 47.4 Å². The molecule has 2 rings (SSSR count). The number of methoxy groups -OCH3 is 2. The Morgan fingerprint density at radius 3 is 2.15 bits per heavy atom. The van der Waals surface area contributed by atoms with Crippen LogP contribution in [-0.2, 0) is 14.6 Å². The Labute approximate surface area is 155 Å². The summed E-state index contributed by atoms with van der Waals surface area (Å²) in [5, 5.41) is 19.8. The molecule has 10 heteroatoms. The zero-order valence-corrected chi connectivity index (χ0v) is 15.3. The molecule has 2 N–H and O–H groups in total. The van der Waals surface area contributed by atoms with Gasteiger partial charge in [-0.05, 0) is 36.4 Å². The third kappa shape index (κ3) is 4.36. The largest absolute Gasteiger partial charge is 0.497 e. The Morgan fingerprint density at radius 2 is 1.63 bits per heavy atom. The number of hydrogen-bond donors (Lipinski definition) is 2. The van der Waals surface area contributed by atoms with Gasteiger partial charge in [-0.15, -0.1) is 0 Å². The van der Waals surface area contributed by atoms with Crippen molar-refractivity contribution in [1.82, 2.24) is 0 Å². The highest BCUT2D eigenvalue weighted by Crippen LogP contribution is 2.27. The van der Waals surface area contributed by atoms with Gasteiger partial charge in [0.05, 0.1) is 35.9 Å². The van der Waals surface area contributed by atoms with E-state index in [4.69, 9.17) is 4.74 Å². The van der Waals surface area contributed by atoms with E-state index in [0.29, 0.717) is 5.75 Å². The maximum atomic E-state index is 12.5. The second-order valence-corrected chi connectivity index (χ2v) is 7.28. The van der Waals surface area contributed by atoms with Crippen molar-refractivity contribution >= 4 is 27.5 Å². The van der Waals surface area contributed by atoms with Crippen molar-refractivity contribution in [1.29, 1.82) is 0 Å². The van der Waals surface area contributed by atoms with Crippen molar-refractivity contribution in [3.8, 4) is 5.75 Å². The summed E-state index contributed by atoms with van der Waals surface area (Å²) in [6, 6.07) is 9.06. The Balaban J connectivity index is 2.45. The molecule has 0 bridgehead atoms. The second kappa shape index (κ2) is 8.06. The third-order valence-corrected chi connectivity index (χ3v) is 5.22. The van der Waals surface area contributed by atoms with Crippen LogP contribution >= 0.6 is 0 Å². The number of carbonyl (C=O) groups is 2. The smallest absolute Gasteiger partial charge is 0.340 e. The number of rotatable bonds is 7. The predicted octanol–water partition coefficient (Wildman–Crippen LogP) is 1.81. The second-order valence-electron chi connectivity index (χ2n) is 5.32. The summed E-state index contributed by atoms with van der Waals surface area (Å²) in [5.74, 6) is -2.90. The van der Waals surface area contributed by atoms with Gasteiger partial charge in [0, 0.05) is 0 Å². The van der Waals surface area contributed by atoms with Gasteiger partial charge in [-0.25, -0.2) is 23.1 Å². The van der Waals surface area contributed by atoms with Crippen molar-refractivity contribution in [2.45, 2.75) is 4.90 Å². The molecule has 144 valence electrons. The zero-order valence-electron chi connectivity index (χ0n) is 14.4. The number of para-hydroxylation sites is 1. The van der Waals surface area contributed by atoms with Crippen molar-refractivity contribution in [2.24, 2.45) is 0 Å². The summed E-state index contributed by atoms with van der Waals surface area (Å²) in [6.07, 6.45) is 0. The average molecular weight is 395 g/mol. The number of anilines is 1. The average Bonchev–Trinajstić information content (AvgIpc) is 2.66. The molecule has 0 aliphatic heterocycles. The molecule has 9 nitrogen and oxygen atoms in total. The molecule has 0 aliphatic rings. The van der Waals surface area contributed by atoms with Crippen LogP contribution < -0.4 is 9.80 Å². The number of aromatic carboxylic acids is 1. The number of benzene rings is 2. The number of hydroxylamine groups is 1. The van der Waals surface area contributed by atoms with E-state index in [2.05, 4.69) is 4.74 Å². The van der Waals surface area contributed by atoms with Crippen molar-refractivity contribution in [3.63, 3.8) is 0 Å². The standard InChI is InChI=1S/C17H17NO8S/c1-25-11-6-8-12(9-7-11)27(23,24)10-18(22)15-13(16(19)20)4-3-5-14(15)17(21)26-2/h3-9,22H,10H2,1-2H3,(H,19,20). The van der Waals surface area contributed by atoms with Gasteiger partial charge in [0.25, 0.3) is 0 Å². The quantitative estimate of drug-likeness (QED) is 0.532. The first kappa shape index (κ1) is 20.2. The van der Waals surface area contributed by atoms with Gasteiger partial charge >= 0.3 is 11.9 Å². The van der Waals surface area contributed by atoms with Gasteiger partial charge in [0.2, 0.25) is 0 Å². The van der Waals surface area contributed by atoms with Crippen LogP contribution in [0.2, 0.25) is 0 Å². The molecule has 0 atom stereocenters. The number of carbonyl (C=O) groups excluding carboxylic acids is 1. The fraction of sp³-hybridized carbons (Fsp3) is 0.176. The van der Waals surface area contributed by atoms with Crippen LogP contribution in [0.25, 0.3) is 0 Å². The molecule has 0 radical (unpaired) electrons. The molecule has 0 aromatic heterocycles. The SMILES string of the molecule is COC(=O)c1cccc(C(=O)O)c1N(O)CS(=O)(=O)c1ccc(OC)cc1.